The first-order chi connectivity index (χ1) is 10.4. The van der Waals surface area contributed by atoms with Gasteiger partial charge in [-0.2, -0.15) is 0 Å². The van der Waals surface area contributed by atoms with Gasteiger partial charge in [0.15, 0.2) is 0 Å². The lowest BCUT2D eigenvalue weighted by molar-refractivity contribution is 0.677. The normalized spacial score (nSPS) is 10.7. The maximum Gasteiger partial charge on any atom is 0.142 e. The van der Waals surface area contributed by atoms with Crippen molar-refractivity contribution >= 4 is 11.3 Å². The van der Waals surface area contributed by atoms with E-state index in [2.05, 4.69) is 25.6 Å². The number of nitrogens with zero attached hydrogens (tertiary/aromatic N) is 3. The van der Waals surface area contributed by atoms with Gasteiger partial charge in [0.1, 0.15) is 5.01 Å². The van der Waals surface area contributed by atoms with Gasteiger partial charge in [0.2, 0.25) is 0 Å². The van der Waals surface area contributed by atoms with Gasteiger partial charge in [0.05, 0.1) is 11.4 Å². The molecular weight excluding hydrogens is 280 g/mol. The molecular formula is C16H16N4S. The molecule has 0 aliphatic heterocycles. The van der Waals surface area contributed by atoms with Crippen LogP contribution in [0.5, 0.6) is 0 Å². The summed E-state index contributed by atoms with van der Waals surface area (Å²) in [4.78, 5) is 12.9. The van der Waals surface area contributed by atoms with Crippen molar-refractivity contribution in [1.82, 2.24) is 20.3 Å². The molecule has 0 aliphatic rings. The van der Waals surface area contributed by atoms with Crippen molar-refractivity contribution in [1.29, 1.82) is 0 Å². The predicted octanol–water partition coefficient (Wildman–Crippen LogP) is 2.93. The number of rotatable bonds is 6. The highest BCUT2D eigenvalue weighted by Gasteiger charge is 2.04. The predicted molar refractivity (Wildman–Crippen MR) is 85.0 cm³/mol. The third-order valence-corrected chi connectivity index (χ3v) is 4.00. The minimum atomic E-state index is 0.786. The zero-order valence-corrected chi connectivity index (χ0v) is 12.4. The molecule has 5 heteroatoms. The Balaban J connectivity index is 1.49. The smallest absolute Gasteiger partial charge is 0.142 e. The summed E-state index contributed by atoms with van der Waals surface area (Å²) in [6.45, 7) is 1.72. The SMILES string of the molecule is c1ccc(-c2nc(CNCCc3ccncc3)cs2)nc1. The summed E-state index contributed by atoms with van der Waals surface area (Å²) in [7, 11) is 0. The molecule has 106 valence electrons. The van der Waals surface area contributed by atoms with Crippen molar-refractivity contribution in [2.45, 2.75) is 13.0 Å². The third-order valence-electron chi connectivity index (χ3n) is 3.08. The van der Waals surface area contributed by atoms with Gasteiger partial charge in [-0.1, -0.05) is 6.07 Å². The van der Waals surface area contributed by atoms with E-state index in [0.717, 1.165) is 35.9 Å². The molecule has 0 atom stereocenters. The van der Waals surface area contributed by atoms with Gasteiger partial charge in [-0.25, -0.2) is 4.98 Å². The Kier molecular flexibility index (Phi) is 4.66. The summed E-state index contributed by atoms with van der Waals surface area (Å²) in [5.41, 5.74) is 3.30. The van der Waals surface area contributed by atoms with E-state index in [0.29, 0.717) is 0 Å². The van der Waals surface area contributed by atoms with E-state index in [1.165, 1.54) is 5.56 Å². The number of nitrogens with one attached hydrogen (secondary N) is 1. The molecule has 0 radical (unpaired) electrons. The Bertz CT molecular complexity index is 667. The second kappa shape index (κ2) is 7.06. The van der Waals surface area contributed by atoms with Gasteiger partial charge in [0.25, 0.3) is 0 Å². The summed E-state index contributed by atoms with van der Waals surface area (Å²) >= 11 is 1.64. The van der Waals surface area contributed by atoms with Crippen LogP contribution >= 0.6 is 11.3 Å². The van der Waals surface area contributed by atoms with Crippen molar-refractivity contribution in [2.24, 2.45) is 0 Å². The average molecular weight is 296 g/mol. The third kappa shape index (κ3) is 3.93. The fourth-order valence-electron chi connectivity index (χ4n) is 1.99. The van der Waals surface area contributed by atoms with Crippen molar-refractivity contribution in [3.8, 4) is 10.7 Å². The lowest BCUT2D eigenvalue weighted by Gasteiger charge is -2.02. The maximum absolute atomic E-state index is 4.61. The summed E-state index contributed by atoms with van der Waals surface area (Å²) in [6, 6.07) is 9.97. The van der Waals surface area contributed by atoms with Gasteiger partial charge in [-0.15, -0.1) is 11.3 Å². The van der Waals surface area contributed by atoms with E-state index >= 15 is 0 Å². The maximum atomic E-state index is 4.61. The molecule has 0 bridgehead atoms. The van der Waals surface area contributed by atoms with Crippen molar-refractivity contribution < 1.29 is 0 Å². The average Bonchev–Trinajstić information content (AvgIpc) is 3.02. The van der Waals surface area contributed by atoms with Crippen LogP contribution in [0.25, 0.3) is 10.7 Å². The molecule has 0 fully saturated rings. The van der Waals surface area contributed by atoms with E-state index in [1.807, 2.05) is 42.7 Å². The summed E-state index contributed by atoms with van der Waals surface area (Å²) in [5.74, 6) is 0. The van der Waals surface area contributed by atoms with Crippen molar-refractivity contribution in [3.63, 3.8) is 0 Å². The molecule has 0 spiro atoms. The Labute approximate surface area is 127 Å². The Morgan fingerprint density at radius 3 is 2.76 bits per heavy atom. The fraction of sp³-hybridized carbons (Fsp3) is 0.188. The van der Waals surface area contributed by atoms with Crippen LogP contribution in [-0.4, -0.2) is 21.5 Å². The summed E-state index contributed by atoms with van der Waals surface area (Å²) in [6.07, 6.45) is 6.45. The monoisotopic (exact) mass is 296 g/mol. The number of pyridine rings is 2. The molecule has 4 nitrogen and oxygen atoms in total. The van der Waals surface area contributed by atoms with Gasteiger partial charge in [-0.05, 0) is 42.8 Å². The van der Waals surface area contributed by atoms with E-state index < -0.39 is 0 Å². The zero-order chi connectivity index (χ0) is 14.3. The Morgan fingerprint density at radius 1 is 1.05 bits per heavy atom. The van der Waals surface area contributed by atoms with E-state index in [-0.39, 0.29) is 0 Å². The molecule has 21 heavy (non-hydrogen) atoms. The van der Waals surface area contributed by atoms with Crippen LogP contribution in [0.15, 0.2) is 54.3 Å². The van der Waals surface area contributed by atoms with Crippen LogP contribution in [0.3, 0.4) is 0 Å². The molecule has 0 aliphatic carbocycles. The summed E-state index contributed by atoms with van der Waals surface area (Å²) in [5, 5.41) is 6.48. The van der Waals surface area contributed by atoms with Crippen LogP contribution in [0.1, 0.15) is 11.3 Å². The van der Waals surface area contributed by atoms with E-state index in [4.69, 9.17) is 0 Å². The summed E-state index contributed by atoms with van der Waals surface area (Å²) < 4.78 is 0. The minimum Gasteiger partial charge on any atom is -0.311 e. The van der Waals surface area contributed by atoms with Gasteiger partial charge in [0, 0.05) is 30.5 Å². The van der Waals surface area contributed by atoms with Crippen LogP contribution < -0.4 is 5.32 Å². The number of aromatic nitrogens is 3. The van der Waals surface area contributed by atoms with Crippen LogP contribution in [0.2, 0.25) is 0 Å². The Morgan fingerprint density at radius 2 is 1.95 bits per heavy atom. The highest BCUT2D eigenvalue weighted by molar-refractivity contribution is 7.13. The minimum absolute atomic E-state index is 0.786. The van der Waals surface area contributed by atoms with E-state index in [9.17, 15) is 0 Å². The molecule has 0 saturated carbocycles. The van der Waals surface area contributed by atoms with Crippen molar-refractivity contribution in [3.05, 3.63) is 65.6 Å². The highest BCUT2D eigenvalue weighted by Crippen LogP contribution is 2.21. The number of thiazole rings is 1. The second-order valence-electron chi connectivity index (χ2n) is 4.64. The molecule has 1 N–H and O–H groups in total. The number of hydrogen-bond acceptors (Lipinski definition) is 5. The lowest BCUT2D eigenvalue weighted by Crippen LogP contribution is -2.16. The first kappa shape index (κ1) is 13.9. The molecule has 3 heterocycles. The molecule has 3 rings (SSSR count). The molecule has 0 saturated heterocycles. The first-order valence-corrected chi connectivity index (χ1v) is 7.75. The van der Waals surface area contributed by atoms with Crippen LogP contribution in [0.4, 0.5) is 0 Å². The standard InChI is InChI=1S/C16H16N4S/c1-2-7-19-15(3-1)16-20-14(12-21-16)11-18-10-6-13-4-8-17-9-5-13/h1-5,7-9,12,18H,6,10-11H2. The zero-order valence-electron chi connectivity index (χ0n) is 11.6. The van der Waals surface area contributed by atoms with Gasteiger partial charge >= 0.3 is 0 Å². The molecule has 0 amide bonds. The second-order valence-corrected chi connectivity index (χ2v) is 5.50. The first-order valence-electron chi connectivity index (χ1n) is 6.87. The highest BCUT2D eigenvalue weighted by atomic mass is 32.1. The lowest BCUT2D eigenvalue weighted by atomic mass is 10.2. The molecule has 3 aromatic heterocycles. The molecule has 3 aromatic rings. The largest absolute Gasteiger partial charge is 0.311 e. The van der Waals surface area contributed by atoms with Crippen LogP contribution in [0, 0.1) is 0 Å². The number of hydrogen-bond donors (Lipinski definition) is 1. The van der Waals surface area contributed by atoms with Gasteiger partial charge < -0.3 is 5.32 Å². The fourth-order valence-corrected chi connectivity index (χ4v) is 2.79. The molecule has 0 aromatic carbocycles. The Hall–Kier alpha value is -2.11. The van der Waals surface area contributed by atoms with E-state index in [1.54, 1.807) is 17.5 Å². The van der Waals surface area contributed by atoms with Crippen LogP contribution in [-0.2, 0) is 13.0 Å². The van der Waals surface area contributed by atoms with Crippen molar-refractivity contribution in [2.75, 3.05) is 6.54 Å². The molecule has 0 unspecified atom stereocenters. The van der Waals surface area contributed by atoms with Gasteiger partial charge in [-0.3, -0.25) is 9.97 Å². The quantitative estimate of drug-likeness (QED) is 0.711. The topological polar surface area (TPSA) is 50.7 Å².